The molecule has 0 aromatic carbocycles. The van der Waals surface area contributed by atoms with Crippen molar-refractivity contribution < 1.29 is 8.94 Å². The van der Waals surface area contributed by atoms with Crippen LogP contribution in [0.4, 0.5) is 0 Å². The Hall–Kier alpha value is -1.66. The van der Waals surface area contributed by atoms with Crippen molar-refractivity contribution in [1.82, 2.24) is 20.4 Å². The topological polar surface area (TPSA) is 67.3 Å². The summed E-state index contributed by atoms with van der Waals surface area (Å²) >= 11 is 0. The zero-order valence-electron chi connectivity index (χ0n) is 12.4. The van der Waals surface area contributed by atoms with Gasteiger partial charge in [-0.15, -0.1) is 0 Å². The molecule has 0 spiro atoms. The highest BCUT2D eigenvalue weighted by Gasteiger charge is 2.22. The molecular formula is C15H22N4O2. The molecule has 0 aliphatic carbocycles. The van der Waals surface area contributed by atoms with Gasteiger partial charge >= 0.3 is 0 Å². The van der Waals surface area contributed by atoms with E-state index < -0.39 is 0 Å². The van der Waals surface area contributed by atoms with Crippen LogP contribution in [0.25, 0.3) is 11.6 Å². The Labute approximate surface area is 124 Å². The average molecular weight is 290 g/mol. The van der Waals surface area contributed by atoms with Gasteiger partial charge in [0.25, 0.3) is 0 Å². The summed E-state index contributed by atoms with van der Waals surface area (Å²) in [4.78, 5) is 6.90. The Morgan fingerprint density at radius 2 is 2.24 bits per heavy atom. The molecule has 2 aromatic rings. The molecule has 1 fully saturated rings. The second-order valence-electron chi connectivity index (χ2n) is 5.44. The van der Waals surface area contributed by atoms with Gasteiger partial charge in [-0.2, -0.15) is 4.98 Å². The molecule has 3 rings (SSSR count). The number of nitrogens with zero attached hydrogens (tertiary/aromatic N) is 3. The summed E-state index contributed by atoms with van der Waals surface area (Å²) in [7, 11) is 0. The van der Waals surface area contributed by atoms with Crippen molar-refractivity contribution >= 4 is 0 Å². The van der Waals surface area contributed by atoms with E-state index in [1.54, 1.807) is 6.26 Å². The van der Waals surface area contributed by atoms with Gasteiger partial charge in [0.15, 0.2) is 5.76 Å². The van der Waals surface area contributed by atoms with Crippen molar-refractivity contribution in [2.75, 3.05) is 19.6 Å². The molecule has 1 saturated heterocycles. The Morgan fingerprint density at radius 1 is 1.38 bits per heavy atom. The predicted octanol–water partition coefficient (Wildman–Crippen LogP) is 2.29. The first-order chi connectivity index (χ1) is 10.4. The van der Waals surface area contributed by atoms with Gasteiger partial charge in [-0.25, -0.2) is 0 Å². The smallest absolute Gasteiger partial charge is 0.241 e. The minimum Gasteiger partial charge on any atom is -0.461 e. The molecule has 21 heavy (non-hydrogen) atoms. The van der Waals surface area contributed by atoms with E-state index in [4.69, 9.17) is 8.94 Å². The van der Waals surface area contributed by atoms with Crippen molar-refractivity contribution in [3.8, 4) is 11.6 Å². The molecule has 0 radical (unpaired) electrons. The van der Waals surface area contributed by atoms with Crippen LogP contribution in [0.15, 0.2) is 27.3 Å². The first-order valence-electron chi connectivity index (χ1n) is 7.68. The largest absolute Gasteiger partial charge is 0.461 e. The van der Waals surface area contributed by atoms with Gasteiger partial charge in [0.1, 0.15) is 0 Å². The maximum absolute atomic E-state index is 5.38. The van der Waals surface area contributed by atoms with Crippen LogP contribution in [0.2, 0.25) is 0 Å². The van der Waals surface area contributed by atoms with E-state index >= 15 is 0 Å². The van der Waals surface area contributed by atoms with E-state index in [0.29, 0.717) is 30.1 Å². The normalized spacial score (nSPS) is 16.7. The number of nitrogens with one attached hydrogen (secondary N) is 1. The molecule has 0 saturated carbocycles. The molecule has 1 N–H and O–H groups in total. The third-order valence-corrected chi connectivity index (χ3v) is 3.88. The highest BCUT2D eigenvalue weighted by atomic mass is 16.5. The molecule has 1 aliphatic rings. The molecule has 2 aromatic heterocycles. The third-order valence-electron chi connectivity index (χ3n) is 3.88. The summed E-state index contributed by atoms with van der Waals surface area (Å²) in [5.74, 6) is 1.83. The second kappa shape index (κ2) is 6.87. The standard InChI is InChI=1S/C15H22N4O2/c1-2-9-19(12-5-7-16-8-6-12)11-14-17-15(18-21-14)13-4-3-10-20-13/h3-4,10,12,16H,2,5-9,11H2,1H3. The van der Waals surface area contributed by atoms with Crippen LogP contribution in [-0.4, -0.2) is 40.7 Å². The summed E-state index contributed by atoms with van der Waals surface area (Å²) in [6.07, 6.45) is 5.10. The van der Waals surface area contributed by atoms with Crippen molar-refractivity contribution in [3.05, 3.63) is 24.3 Å². The second-order valence-corrected chi connectivity index (χ2v) is 5.44. The molecular weight excluding hydrogens is 268 g/mol. The minimum absolute atomic E-state index is 0.525. The Morgan fingerprint density at radius 3 is 2.95 bits per heavy atom. The summed E-state index contributed by atoms with van der Waals surface area (Å²) in [5, 5.41) is 7.41. The molecule has 6 nitrogen and oxygen atoms in total. The van der Waals surface area contributed by atoms with Gasteiger partial charge in [0.05, 0.1) is 12.8 Å². The van der Waals surface area contributed by atoms with Crippen molar-refractivity contribution in [1.29, 1.82) is 0 Å². The molecule has 0 bridgehead atoms. The van der Waals surface area contributed by atoms with Gasteiger partial charge in [-0.1, -0.05) is 12.1 Å². The highest BCUT2D eigenvalue weighted by molar-refractivity contribution is 5.44. The molecule has 6 heteroatoms. The minimum atomic E-state index is 0.525. The van der Waals surface area contributed by atoms with Gasteiger partial charge in [0.2, 0.25) is 11.7 Å². The van der Waals surface area contributed by atoms with Crippen molar-refractivity contribution in [2.24, 2.45) is 0 Å². The fourth-order valence-corrected chi connectivity index (χ4v) is 2.85. The Balaban J connectivity index is 1.67. The number of aromatic nitrogens is 2. The summed E-state index contributed by atoms with van der Waals surface area (Å²) in [6.45, 7) is 6.16. The van der Waals surface area contributed by atoms with Crippen LogP contribution in [0, 0.1) is 0 Å². The zero-order chi connectivity index (χ0) is 14.5. The van der Waals surface area contributed by atoms with Crippen LogP contribution in [-0.2, 0) is 6.54 Å². The van der Waals surface area contributed by atoms with E-state index in [-0.39, 0.29) is 0 Å². The zero-order valence-corrected chi connectivity index (χ0v) is 12.4. The van der Waals surface area contributed by atoms with E-state index in [9.17, 15) is 0 Å². The Kier molecular flexibility index (Phi) is 4.67. The van der Waals surface area contributed by atoms with Crippen LogP contribution in [0.3, 0.4) is 0 Å². The Bertz CT molecular complexity index is 532. The van der Waals surface area contributed by atoms with Gasteiger partial charge in [-0.05, 0) is 51.0 Å². The quantitative estimate of drug-likeness (QED) is 0.880. The van der Waals surface area contributed by atoms with E-state index in [2.05, 4.69) is 27.3 Å². The number of furan rings is 1. The molecule has 3 heterocycles. The molecule has 0 unspecified atom stereocenters. The fourth-order valence-electron chi connectivity index (χ4n) is 2.85. The van der Waals surface area contributed by atoms with E-state index in [1.165, 1.54) is 12.8 Å². The summed E-state index contributed by atoms with van der Waals surface area (Å²) < 4.78 is 10.7. The summed E-state index contributed by atoms with van der Waals surface area (Å²) in [5.41, 5.74) is 0. The number of hydrogen-bond acceptors (Lipinski definition) is 6. The molecule has 114 valence electrons. The van der Waals surface area contributed by atoms with Gasteiger partial charge < -0.3 is 14.3 Å². The maximum Gasteiger partial charge on any atom is 0.241 e. The van der Waals surface area contributed by atoms with E-state index in [0.717, 1.165) is 26.1 Å². The lowest BCUT2D eigenvalue weighted by molar-refractivity contribution is 0.137. The molecule has 1 aliphatic heterocycles. The summed E-state index contributed by atoms with van der Waals surface area (Å²) in [6, 6.07) is 4.26. The van der Waals surface area contributed by atoms with Crippen LogP contribution in [0.1, 0.15) is 32.1 Å². The SMILES string of the molecule is CCCN(Cc1nc(-c2ccco2)no1)C1CCNCC1. The first-order valence-corrected chi connectivity index (χ1v) is 7.68. The number of piperidine rings is 1. The fraction of sp³-hybridized carbons (Fsp3) is 0.600. The maximum atomic E-state index is 5.38. The van der Waals surface area contributed by atoms with Gasteiger partial charge in [0, 0.05) is 6.04 Å². The van der Waals surface area contributed by atoms with Crippen LogP contribution in [0.5, 0.6) is 0 Å². The lowest BCUT2D eigenvalue weighted by Gasteiger charge is -2.33. The van der Waals surface area contributed by atoms with Crippen LogP contribution < -0.4 is 5.32 Å². The van der Waals surface area contributed by atoms with Crippen molar-refractivity contribution in [3.63, 3.8) is 0 Å². The monoisotopic (exact) mass is 290 g/mol. The number of hydrogen-bond donors (Lipinski definition) is 1. The molecule has 0 amide bonds. The van der Waals surface area contributed by atoms with Crippen LogP contribution >= 0.6 is 0 Å². The highest BCUT2D eigenvalue weighted by Crippen LogP contribution is 2.19. The number of rotatable bonds is 6. The lowest BCUT2D eigenvalue weighted by atomic mass is 10.0. The molecule has 0 atom stereocenters. The third kappa shape index (κ3) is 3.51. The first kappa shape index (κ1) is 14.3. The van der Waals surface area contributed by atoms with E-state index in [1.807, 2.05) is 12.1 Å². The van der Waals surface area contributed by atoms with Crippen molar-refractivity contribution in [2.45, 2.75) is 38.8 Å². The van der Waals surface area contributed by atoms with Gasteiger partial charge in [-0.3, -0.25) is 4.90 Å². The average Bonchev–Trinajstić information content (AvgIpc) is 3.19. The lowest BCUT2D eigenvalue weighted by Crippen LogP contribution is -2.43. The predicted molar refractivity (Wildman–Crippen MR) is 78.6 cm³/mol.